The molecule has 0 aliphatic carbocycles. The molecule has 28 heavy (non-hydrogen) atoms. The second-order valence-electron chi connectivity index (χ2n) is 7.99. The third-order valence-corrected chi connectivity index (χ3v) is 5.91. The maximum absolute atomic E-state index is 12.9. The van der Waals surface area contributed by atoms with Crippen LogP contribution >= 0.6 is 12.4 Å². The Morgan fingerprint density at radius 1 is 1.18 bits per heavy atom. The molecule has 0 saturated carbocycles. The first kappa shape index (κ1) is 20.8. The van der Waals surface area contributed by atoms with E-state index in [9.17, 15) is 4.79 Å². The number of aryl methyl sites for hydroxylation is 1. The molecule has 2 aliphatic heterocycles. The van der Waals surface area contributed by atoms with Crippen LogP contribution in [0.25, 0.3) is 0 Å². The molecule has 0 bridgehead atoms. The molecule has 1 saturated heterocycles. The summed E-state index contributed by atoms with van der Waals surface area (Å²) in [6.07, 6.45) is 2.77. The van der Waals surface area contributed by atoms with Crippen LogP contribution in [0.4, 0.5) is 0 Å². The fourth-order valence-electron chi connectivity index (χ4n) is 4.25. The minimum Gasteiger partial charge on any atom is -0.342 e. The van der Waals surface area contributed by atoms with Crippen LogP contribution in [0.5, 0.6) is 0 Å². The Hall–Kier alpha value is -1.92. The third kappa shape index (κ3) is 4.39. The second kappa shape index (κ2) is 9.05. The van der Waals surface area contributed by atoms with Gasteiger partial charge in [-0.15, -0.1) is 22.6 Å². The first-order valence-corrected chi connectivity index (χ1v) is 10.1. The highest BCUT2D eigenvalue weighted by Gasteiger charge is 2.30. The maximum Gasteiger partial charge on any atom is 0.225 e. The van der Waals surface area contributed by atoms with Crippen molar-refractivity contribution in [1.29, 1.82) is 0 Å². The second-order valence-corrected chi connectivity index (χ2v) is 7.99. The molecule has 1 atom stereocenters. The van der Waals surface area contributed by atoms with E-state index in [4.69, 9.17) is 0 Å². The van der Waals surface area contributed by atoms with Crippen molar-refractivity contribution < 1.29 is 4.79 Å². The first-order chi connectivity index (χ1) is 13.1. The Balaban J connectivity index is 0.00000225. The van der Waals surface area contributed by atoms with Gasteiger partial charge in [0.15, 0.2) is 0 Å². The molecule has 7 heteroatoms. The van der Waals surface area contributed by atoms with Crippen molar-refractivity contribution in [3.8, 4) is 0 Å². The lowest BCUT2D eigenvalue weighted by molar-refractivity contribution is -0.136. The maximum atomic E-state index is 12.9. The van der Waals surface area contributed by atoms with Crippen molar-refractivity contribution in [3.63, 3.8) is 0 Å². The quantitative estimate of drug-likeness (QED) is 0.852. The van der Waals surface area contributed by atoms with Gasteiger partial charge in [0.25, 0.3) is 0 Å². The molecule has 4 rings (SSSR count). The van der Waals surface area contributed by atoms with Crippen molar-refractivity contribution >= 4 is 18.3 Å². The third-order valence-electron chi connectivity index (χ3n) is 5.91. The standard InChI is InChI=1S/C21H29N5O.ClH/c1-15-3-5-17(6-4-15)13-16(2)21(27)25-10-7-18(8-11-25)20-24-23-19-14-22-9-12-26(19)20;/h3-6,16,18,22H,7-14H2,1-2H3;1H. The molecule has 1 unspecified atom stereocenters. The van der Waals surface area contributed by atoms with E-state index in [-0.39, 0.29) is 24.2 Å². The van der Waals surface area contributed by atoms with Gasteiger partial charge in [-0.2, -0.15) is 0 Å². The number of rotatable bonds is 4. The molecular weight excluding hydrogens is 374 g/mol. The number of aromatic nitrogens is 3. The number of carbonyl (C=O) groups is 1. The molecule has 0 radical (unpaired) electrons. The summed E-state index contributed by atoms with van der Waals surface area (Å²) in [5, 5.41) is 12.1. The van der Waals surface area contributed by atoms with E-state index in [1.54, 1.807) is 0 Å². The Morgan fingerprint density at radius 3 is 2.61 bits per heavy atom. The van der Waals surface area contributed by atoms with Crippen LogP contribution in [0.3, 0.4) is 0 Å². The molecule has 1 fully saturated rings. The number of hydrogen-bond donors (Lipinski definition) is 1. The average molecular weight is 404 g/mol. The van der Waals surface area contributed by atoms with E-state index in [0.29, 0.717) is 5.92 Å². The molecule has 2 aromatic rings. The zero-order valence-corrected chi connectivity index (χ0v) is 17.5. The van der Waals surface area contributed by atoms with Gasteiger partial charge in [0.2, 0.25) is 5.91 Å². The normalized spacial score (nSPS) is 18.3. The molecule has 1 amide bonds. The summed E-state index contributed by atoms with van der Waals surface area (Å²) >= 11 is 0. The fraction of sp³-hybridized carbons (Fsp3) is 0.571. The average Bonchev–Trinajstić information content (AvgIpc) is 3.13. The SMILES string of the molecule is Cc1ccc(CC(C)C(=O)N2CCC(c3nnc4n3CCNC4)CC2)cc1.Cl. The van der Waals surface area contributed by atoms with E-state index in [1.165, 1.54) is 11.1 Å². The van der Waals surface area contributed by atoms with Crippen LogP contribution in [0.1, 0.15) is 48.5 Å². The van der Waals surface area contributed by atoms with Gasteiger partial charge >= 0.3 is 0 Å². The van der Waals surface area contributed by atoms with Gasteiger partial charge in [-0.25, -0.2) is 0 Å². The zero-order valence-electron chi connectivity index (χ0n) is 16.7. The molecular formula is C21H30ClN5O. The van der Waals surface area contributed by atoms with Crippen molar-refractivity contribution in [2.24, 2.45) is 5.92 Å². The van der Waals surface area contributed by atoms with Crippen molar-refractivity contribution in [2.75, 3.05) is 19.6 Å². The Bertz CT molecular complexity index is 796. The fourth-order valence-corrected chi connectivity index (χ4v) is 4.25. The van der Waals surface area contributed by atoms with E-state index in [2.05, 4.69) is 58.2 Å². The molecule has 0 spiro atoms. The Kier molecular flexibility index (Phi) is 6.73. The molecule has 6 nitrogen and oxygen atoms in total. The zero-order chi connectivity index (χ0) is 18.8. The van der Waals surface area contributed by atoms with Gasteiger partial charge in [-0.3, -0.25) is 4.79 Å². The van der Waals surface area contributed by atoms with Crippen molar-refractivity contribution in [1.82, 2.24) is 25.0 Å². The molecule has 1 N–H and O–H groups in total. The number of piperidine rings is 1. The number of benzene rings is 1. The summed E-state index contributed by atoms with van der Waals surface area (Å²) in [7, 11) is 0. The van der Waals surface area contributed by atoms with Crippen LogP contribution in [0.2, 0.25) is 0 Å². The van der Waals surface area contributed by atoms with Gasteiger partial charge in [0, 0.05) is 38.0 Å². The topological polar surface area (TPSA) is 63.1 Å². The minimum atomic E-state index is 0. The highest BCUT2D eigenvalue weighted by molar-refractivity contribution is 5.85. The lowest BCUT2D eigenvalue weighted by Gasteiger charge is -2.33. The predicted molar refractivity (Wildman–Crippen MR) is 112 cm³/mol. The largest absolute Gasteiger partial charge is 0.342 e. The van der Waals surface area contributed by atoms with Crippen LogP contribution < -0.4 is 5.32 Å². The highest BCUT2D eigenvalue weighted by Crippen LogP contribution is 2.28. The smallest absolute Gasteiger partial charge is 0.225 e. The molecule has 1 aromatic heterocycles. The van der Waals surface area contributed by atoms with Crippen LogP contribution in [0, 0.1) is 12.8 Å². The number of hydrogen-bond acceptors (Lipinski definition) is 4. The summed E-state index contributed by atoms with van der Waals surface area (Å²) in [6.45, 7) is 8.52. The Labute approximate surface area is 173 Å². The minimum absolute atomic E-state index is 0. The van der Waals surface area contributed by atoms with Gasteiger partial charge < -0.3 is 14.8 Å². The summed E-state index contributed by atoms with van der Waals surface area (Å²) in [5.74, 6) is 2.88. The van der Waals surface area contributed by atoms with E-state index < -0.39 is 0 Å². The van der Waals surface area contributed by atoms with Crippen LogP contribution in [-0.4, -0.2) is 45.2 Å². The first-order valence-electron chi connectivity index (χ1n) is 10.1. The van der Waals surface area contributed by atoms with Gasteiger partial charge in [0.1, 0.15) is 11.6 Å². The number of nitrogens with zero attached hydrogens (tertiary/aromatic N) is 4. The van der Waals surface area contributed by atoms with Crippen molar-refractivity contribution in [2.45, 2.75) is 52.1 Å². The number of halogens is 1. The molecule has 152 valence electrons. The summed E-state index contributed by atoms with van der Waals surface area (Å²) < 4.78 is 2.28. The summed E-state index contributed by atoms with van der Waals surface area (Å²) in [6, 6.07) is 8.50. The van der Waals surface area contributed by atoms with Crippen LogP contribution in [-0.2, 0) is 24.3 Å². The predicted octanol–water partition coefficient (Wildman–Crippen LogP) is 2.70. The van der Waals surface area contributed by atoms with Gasteiger partial charge in [0.05, 0.1) is 6.54 Å². The molecule has 2 aliphatic rings. The lowest BCUT2D eigenvalue weighted by Crippen LogP contribution is -2.41. The Morgan fingerprint density at radius 2 is 1.89 bits per heavy atom. The highest BCUT2D eigenvalue weighted by atomic mass is 35.5. The molecule has 3 heterocycles. The van der Waals surface area contributed by atoms with E-state index in [0.717, 1.165) is 63.6 Å². The van der Waals surface area contributed by atoms with E-state index >= 15 is 0 Å². The van der Waals surface area contributed by atoms with Crippen LogP contribution in [0.15, 0.2) is 24.3 Å². The molecule has 1 aromatic carbocycles. The van der Waals surface area contributed by atoms with Crippen molar-refractivity contribution in [3.05, 3.63) is 47.0 Å². The number of carbonyl (C=O) groups excluding carboxylic acids is 1. The van der Waals surface area contributed by atoms with Gasteiger partial charge in [-0.05, 0) is 31.7 Å². The number of nitrogens with one attached hydrogen (secondary N) is 1. The van der Waals surface area contributed by atoms with E-state index in [1.807, 2.05) is 4.90 Å². The number of fused-ring (bicyclic) bond motifs is 1. The number of likely N-dealkylation sites (tertiary alicyclic amines) is 1. The summed E-state index contributed by atoms with van der Waals surface area (Å²) in [4.78, 5) is 14.9. The summed E-state index contributed by atoms with van der Waals surface area (Å²) in [5.41, 5.74) is 2.49. The number of amides is 1. The van der Waals surface area contributed by atoms with Gasteiger partial charge in [-0.1, -0.05) is 36.8 Å². The monoisotopic (exact) mass is 403 g/mol. The lowest BCUT2D eigenvalue weighted by atomic mass is 9.93.